The van der Waals surface area contributed by atoms with Gasteiger partial charge in [-0.1, -0.05) is 0 Å². The molecule has 1 heterocycles. The number of nitrogens with one attached hydrogen (secondary N) is 1. The lowest BCUT2D eigenvalue weighted by atomic mass is 10.00. The number of fused-ring (bicyclic) bond motifs is 1. The van der Waals surface area contributed by atoms with Gasteiger partial charge in [-0.3, -0.25) is 9.59 Å². The molecule has 0 unspecified atom stereocenters. The molecule has 2 aliphatic rings. The van der Waals surface area contributed by atoms with Crippen LogP contribution < -0.4 is 15.0 Å². The number of amides is 2. The molecule has 2 amide bonds. The fourth-order valence-electron chi connectivity index (χ4n) is 3.53. The van der Waals surface area contributed by atoms with E-state index in [1.807, 2.05) is 30.0 Å². The van der Waals surface area contributed by atoms with E-state index in [9.17, 15) is 9.59 Å². The predicted molar refractivity (Wildman–Crippen MR) is 105 cm³/mol. The SMILES string of the molecule is CCOc1ccc(C(=O)Nc2ccc3c(c2)CCCN3C(=O)C2CC2)cc1. The number of hydrogen-bond donors (Lipinski definition) is 1. The Morgan fingerprint density at radius 3 is 2.63 bits per heavy atom. The minimum atomic E-state index is -0.153. The van der Waals surface area contributed by atoms with Gasteiger partial charge in [0, 0.05) is 29.4 Å². The van der Waals surface area contributed by atoms with Gasteiger partial charge < -0.3 is 15.0 Å². The van der Waals surface area contributed by atoms with Crippen LogP contribution in [0.5, 0.6) is 5.75 Å². The topological polar surface area (TPSA) is 58.6 Å². The summed E-state index contributed by atoms with van der Waals surface area (Å²) in [6, 6.07) is 12.9. The second kappa shape index (κ2) is 7.43. The first-order valence-corrected chi connectivity index (χ1v) is 9.64. The Bertz CT molecular complexity index is 856. The van der Waals surface area contributed by atoms with Crippen LogP contribution in [0.4, 0.5) is 11.4 Å². The quantitative estimate of drug-likeness (QED) is 0.871. The van der Waals surface area contributed by atoms with Crippen molar-refractivity contribution in [1.29, 1.82) is 0 Å². The van der Waals surface area contributed by atoms with Crippen LogP contribution in [-0.2, 0) is 11.2 Å². The van der Waals surface area contributed by atoms with Gasteiger partial charge in [-0.15, -0.1) is 0 Å². The summed E-state index contributed by atoms with van der Waals surface area (Å²) in [6.07, 6.45) is 3.92. The molecule has 4 rings (SSSR count). The lowest BCUT2D eigenvalue weighted by Crippen LogP contribution is -2.36. The number of rotatable bonds is 5. The number of aryl methyl sites for hydroxylation is 1. The van der Waals surface area contributed by atoms with Crippen molar-refractivity contribution >= 4 is 23.2 Å². The van der Waals surface area contributed by atoms with Crippen molar-refractivity contribution in [2.24, 2.45) is 5.92 Å². The van der Waals surface area contributed by atoms with Crippen LogP contribution in [-0.4, -0.2) is 25.0 Å². The number of ether oxygens (including phenoxy) is 1. The van der Waals surface area contributed by atoms with Crippen molar-refractivity contribution in [2.75, 3.05) is 23.4 Å². The van der Waals surface area contributed by atoms with Crippen LogP contribution in [0, 0.1) is 5.92 Å². The Morgan fingerprint density at radius 2 is 1.93 bits per heavy atom. The summed E-state index contributed by atoms with van der Waals surface area (Å²) >= 11 is 0. The maximum absolute atomic E-state index is 12.5. The zero-order valence-electron chi connectivity index (χ0n) is 15.5. The summed E-state index contributed by atoms with van der Waals surface area (Å²) in [6.45, 7) is 3.32. The van der Waals surface area contributed by atoms with Crippen LogP contribution in [0.1, 0.15) is 42.1 Å². The lowest BCUT2D eigenvalue weighted by molar-refractivity contribution is -0.119. The van der Waals surface area contributed by atoms with Crippen molar-refractivity contribution in [2.45, 2.75) is 32.6 Å². The molecular weight excluding hydrogens is 340 g/mol. The van der Waals surface area contributed by atoms with Gasteiger partial charge in [-0.25, -0.2) is 0 Å². The number of benzene rings is 2. The molecule has 5 heteroatoms. The predicted octanol–water partition coefficient (Wildman–Crippen LogP) is 4.03. The standard InChI is InChI=1S/C22H24N2O3/c1-2-27-19-10-7-15(8-11-19)21(25)23-18-9-12-20-17(14-18)4-3-13-24(20)22(26)16-5-6-16/h7-12,14,16H,2-6,13H2,1H3,(H,23,25). The molecule has 1 N–H and O–H groups in total. The highest BCUT2D eigenvalue weighted by Gasteiger charge is 2.35. The highest BCUT2D eigenvalue weighted by atomic mass is 16.5. The van der Waals surface area contributed by atoms with Gasteiger partial charge in [-0.2, -0.15) is 0 Å². The van der Waals surface area contributed by atoms with Gasteiger partial charge in [0.05, 0.1) is 6.61 Å². The van der Waals surface area contributed by atoms with E-state index in [1.54, 1.807) is 24.3 Å². The molecule has 140 valence electrons. The van der Waals surface area contributed by atoms with Crippen molar-refractivity contribution in [1.82, 2.24) is 0 Å². The molecule has 0 spiro atoms. The van der Waals surface area contributed by atoms with Crippen molar-refractivity contribution < 1.29 is 14.3 Å². The van der Waals surface area contributed by atoms with E-state index in [2.05, 4.69) is 5.32 Å². The van der Waals surface area contributed by atoms with E-state index in [-0.39, 0.29) is 17.7 Å². The normalized spacial score (nSPS) is 15.8. The minimum absolute atomic E-state index is 0.153. The molecule has 1 saturated carbocycles. The van der Waals surface area contributed by atoms with E-state index in [0.717, 1.165) is 54.9 Å². The molecule has 2 aromatic carbocycles. The van der Waals surface area contributed by atoms with Crippen molar-refractivity contribution in [3.05, 3.63) is 53.6 Å². The third kappa shape index (κ3) is 3.82. The molecule has 1 fully saturated rings. The number of anilines is 2. The van der Waals surface area contributed by atoms with Gasteiger partial charge in [0.25, 0.3) is 5.91 Å². The summed E-state index contributed by atoms with van der Waals surface area (Å²) in [5.74, 6) is 1.07. The van der Waals surface area contributed by atoms with Crippen molar-refractivity contribution in [3.63, 3.8) is 0 Å². The number of carbonyl (C=O) groups excluding carboxylic acids is 2. The number of hydrogen-bond acceptors (Lipinski definition) is 3. The Morgan fingerprint density at radius 1 is 1.15 bits per heavy atom. The first-order chi connectivity index (χ1) is 13.2. The molecule has 2 aromatic rings. The van der Waals surface area contributed by atoms with Crippen LogP contribution in [0.15, 0.2) is 42.5 Å². The minimum Gasteiger partial charge on any atom is -0.494 e. The highest BCUT2D eigenvalue weighted by molar-refractivity contribution is 6.04. The smallest absolute Gasteiger partial charge is 0.255 e. The van der Waals surface area contributed by atoms with E-state index in [4.69, 9.17) is 4.74 Å². The van der Waals surface area contributed by atoms with Crippen molar-refractivity contribution in [3.8, 4) is 5.75 Å². The third-order valence-electron chi connectivity index (χ3n) is 5.08. The summed E-state index contributed by atoms with van der Waals surface area (Å²) in [4.78, 5) is 26.9. The third-order valence-corrected chi connectivity index (χ3v) is 5.08. The van der Waals surface area contributed by atoms with Crippen LogP contribution in [0.3, 0.4) is 0 Å². The summed E-state index contributed by atoms with van der Waals surface area (Å²) in [5, 5.41) is 2.96. The molecule has 0 saturated heterocycles. The summed E-state index contributed by atoms with van der Waals surface area (Å²) in [7, 11) is 0. The molecule has 1 aliphatic carbocycles. The maximum Gasteiger partial charge on any atom is 0.255 e. The van der Waals surface area contributed by atoms with Crippen LogP contribution in [0.25, 0.3) is 0 Å². The fraction of sp³-hybridized carbons (Fsp3) is 0.364. The average Bonchev–Trinajstić information content (AvgIpc) is 3.53. The lowest BCUT2D eigenvalue weighted by Gasteiger charge is -2.30. The molecule has 0 radical (unpaired) electrons. The Kier molecular flexibility index (Phi) is 4.84. The summed E-state index contributed by atoms with van der Waals surface area (Å²) < 4.78 is 5.41. The van der Waals surface area contributed by atoms with Crippen LogP contribution in [0.2, 0.25) is 0 Å². The molecular formula is C22H24N2O3. The Labute approximate surface area is 159 Å². The average molecular weight is 364 g/mol. The molecule has 1 aliphatic heterocycles. The zero-order chi connectivity index (χ0) is 18.8. The van der Waals surface area contributed by atoms with Gasteiger partial charge >= 0.3 is 0 Å². The first kappa shape index (κ1) is 17.6. The molecule has 0 bridgehead atoms. The van der Waals surface area contributed by atoms with E-state index in [0.29, 0.717) is 12.2 Å². The van der Waals surface area contributed by atoms with Crippen LogP contribution >= 0.6 is 0 Å². The molecule has 27 heavy (non-hydrogen) atoms. The Hall–Kier alpha value is -2.82. The van der Waals surface area contributed by atoms with E-state index in [1.165, 1.54) is 0 Å². The molecule has 5 nitrogen and oxygen atoms in total. The molecule has 0 aromatic heterocycles. The van der Waals surface area contributed by atoms with E-state index < -0.39 is 0 Å². The monoisotopic (exact) mass is 364 g/mol. The largest absolute Gasteiger partial charge is 0.494 e. The number of carbonyl (C=O) groups is 2. The second-order valence-electron chi connectivity index (χ2n) is 7.12. The first-order valence-electron chi connectivity index (χ1n) is 9.64. The molecule has 0 atom stereocenters. The summed E-state index contributed by atoms with van der Waals surface area (Å²) in [5.41, 5.74) is 3.46. The van der Waals surface area contributed by atoms with Gasteiger partial charge in [0.15, 0.2) is 0 Å². The number of nitrogens with zero attached hydrogens (tertiary/aromatic N) is 1. The van der Waals surface area contributed by atoms with E-state index >= 15 is 0 Å². The Balaban J connectivity index is 1.48. The van der Waals surface area contributed by atoms with Gasteiger partial charge in [0.1, 0.15) is 5.75 Å². The zero-order valence-corrected chi connectivity index (χ0v) is 15.5. The fourth-order valence-corrected chi connectivity index (χ4v) is 3.53. The van der Waals surface area contributed by atoms with Gasteiger partial charge in [0.2, 0.25) is 5.91 Å². The maximum atomic E-state index is 12.5. The highest BCUT2D eigenvalue weighted by Crippen LogP contribution is 2.36. The second-order valence-corrected chi connectivity index (χ2v) is 7.12. The van der Waals surface area contributed by atoms with Gasteiger partial charge in [-0.05, 0) is 80.6 Å².